The van der Waals surface area contributed by atoms with Crippen LogP contribution in [0.2, 0.25) is 5.02 Å². The van der Waals surface area contributed by atoms with Crippen LogP contribution in [0.3, 0.4) is 0 Å². The molecular formula is C10H13ClN2O2. The van der Waals surface area contributed by atoms with Gasteiger partial charge in [-0.05, 0) is 19.3 Å². The fourth-order valence-electron chi connectivity index (χ4n) is 1.55. The molecule has 1 heterocycles. The topological polar surface area (TPSA) is 55.1 Å². The molecule has 1 aliphatic carbocycles. The predicted octanol–water partition coefficient (Wildman–Crippen LogP) is 2.28. The van der Waals surface area contributed by atoms with Gasteiger partial charge in [-0.25, -0.2) is 0 Å². The van der Waals surface area contributed by atoms with Crippen molar-refractivity contribution in [3.8, 4) is 0 Å². The Kier molecular flexibility index (Phi) is 2.95. The monoisotopic (exact) mass is 228 g/mol. The van der Waals surface area contributed by atoms with Crippen molar-refractivity contribution in [2.45, 2.75) is 38.1 Å². The summed E-state index contributed by atoms with van der Waals surface area (Å²) in [6, 6.07) is 0. The zero-order valence-corrected chi connectivity index (χ0v) is 9.07. The number of nitrogens with zero attached hydrogens (tertiary/aromatic N) is 2. The number of aryl methyl sites for hydroxylation is 1. The molecule has 0 aromatic carbocycles. The Morgan fingerprint density at radius 2 is 2.40 bits per heavy atom. The van der Waals surface area contributed by atoms with E-state index in [-0.39, 0.29) is 6.42 Å². The number of carboxylic acids is 1. The first-order valence-corrected chi connectivity index (χ1v) is 5.49. The maximum atomic E-state index is 10.3. The van der Waals surface area contributed by atoms with Crippen molar-refractivity contribution in [1.29, 1.82) is 0 Å². The van der Waals surface area contributed by atoms with Crippen molar-refractivity contribution in [2.24, 2.45) is 0 Å². The van der Waals surface area contributed by atoms with Crippen LogP contribution in [0.15, 0.2) is 6.20 Å². The predicted molar refractivity (Wildman–Crippen MR) is 56.1 cm³/mol. The van der Waals surface area contributed by atoms with Crippen molar-refractivity contribution in [1.82, 2.24) is 9.78 Å². The number of aliphatic carboxylic acids is 1. The van der Waals surface area contributed by atoms with Crippen LogP contribution in [0.4, 0.5) is 0 Å². The van der Waals surface area contributed by atoms with Crippen molar-refractivity contribution in [3.05, 3.63) is 16.9 Å². The number of halogens is 1. The molecule has 1 aromatic rings. The van der Waals surface area contributed by atoms with E-state index in [2.05, 4.69) is 5.10 Å². The van der Waals surface area contributed by atoms with Crippen LogP contribution >= 0.6 is 11.6 Å². The minimum atomic E-state index is -0.768. The first-order valence-electron chi connectivity index (χ1n) is 5.11. The van der Waals surface area contributed by atoms with E-state index in [1.807, 2.05) is 0 Å². The van der Waals surface area contributed by atoms with E-state index in [1.165, 1.54) is 12.8 Å². The molecule has 0 aliphatic heterocycles. The molecule has 0 bridgehead atoms. The van der Waals surface area contributed by atoms with Gasteiger partial charge >= 0.3 is 5.97 Å². The van der Waals surface area contributed by atoms with Gasteiger partial charge in [0.25, 0.3) is 0 Å². The lowest BCUT2D eigenvalue weighted by Crippen LogP contribution is -2.02. The number of carboxylic acid groups (broad SMARTS) is 1. The quantitative estimate of drug-likeness (QED) is 0.841. The van der Waals surface area contributed by atoms with Gasteiger partial charge in [0.05, 0.1) is 10.7 Å². The lowest BCUT2D eigenvalue weighted by Gasteiger charge is -1.98. The van der Waals surface area contributed by atoms with Crippen molar-refractivity contribution in [3.63, 3.8) is 0 Å². The van der Waals surface area contributed by atoms with Gasteiger partial charge in [-0.2, -0.15) is 5.10 Å². The average molecular weight is 229 g/mol. The molecule has 1 aliphatic rings. The molecule has 1 aromatic heterocycles. The fourth-order valence-corrected chi connectivity index (χ4v) is 1.86. The number of rotatable bonds is 5. The van der Waals surface area contributed by atoms with Gasteiger partial charge in [-0.3, -0.25) is 9.48 Å². The summed E-state index contributed by atoms with van der Waals surface area (Å²) in [5.41, 5.74) is 0.979. The van der Waals surface area contributed by atoms with Crippen LogP contribution < -0.4 is 0 Å². The normalized spacial score (nSPS) is 15.5. The molecule has 0 saturated heterocycles. The fraction of sp³-hybridized carbons (Fsp3) is 0.600. The van der Waals surface area contributed by atoms with Crippen molar-refractivity contribution < 1.29 is 9.90 Å². The minimum absolute atomic E-state index is 0.177. The molecule has 82 valence electrons. The van der Waals surface area contributed by atoms with E-state index >= 15 is 0 Å². The summed E-state index contributed by atoms with van der Waals surface area (Å²) in [4.78, 5) is 10.3. The zero-order valence-electron chi connectivity index (χ0n) is 8.32. The molecule has 0 spiro atoms. The van der Waals surface area contributed by atoms with Gasteiger partial charge in [0, 0.05) is 25.1 Å². The van der Waals surface area contributed by atoms with Gasteiger partial charge in [-0.1, -0.05) is 11.6 Å². The third-order valence-electron chi connectivity index (χ3n) is 2.49. The first-order chi connectivity index (χ1) is 7.16. The summed E-state index contributed by atoms with van der Waals surface area (Å²) in [5.74, 6) is -0.228. The Bertz CT molecular complexity index is 371. The highest BCUT2D eigenvalue weighted by Crippen LogP contribution is 2.42. The van der Waals surface area contributed by atoms with Crippen LogP contribution in [-0.4, -0.2) is 20.9 Å². The second-order valence-electron chi connectivity index (χ2n) is 3.90. The Balaban J connectivity index is 1.91. The van der Waals surface area contributed by atoms with E-state index in [4.69, 9.17) is 16.7 Å². The minimum Gasteiger partial charge on any atom is -0.481 e. The van der Waals surface area contributed by atoms with Gasteiger partial charge in [0.2, 0.25) is 0 Å². The third kappa shape index (κ3) is 2.72. The van der Waals surface area contributed by atoms with E-state index < -0.39 is 5.97 Å². The van der Waals surface area contributed by atoms with Crippen molar-refractivity contribution >= 4 is 17.6 Å². The molecular weight excluding hydrogens is 216 g/mol. The summed E-state index contributed by atoms with van der Waals surface area (Å²) < 4.78 is 1.75. The molecule has 1 fully saturated rings. The highest BCUT2D eigenvalue weighted by molar-refractivity contribution is 6.31. The van der Waals surface area contributed by atoms with Crippen molar-refractivity contribution in [2.75, 3.05) is 0 Å². The second-order valence-corrected chi connectivity index (χ2v) is 4.30. The van der Waals surface area contributed by atoms with Gasteiger partial charge in [0.1, 0.15) is 0 Å². The lowest BCUT2D eigenvalue weighted by molar-refractivity contribution is -0.137. The second kappa shape index (κ2) is 4.23. The Morgan fingerprint density at radius 1 is 1.67 bits per heavy atom. The van der Waals surface area contributed by atoms with Crippen LogP contribution in [0.1, 0.15) is 37.3 Å². The third-order valence-corrected chi connectivity index (χ3v) is 2.78. The Morgan fingerprint density at radius 3 is 3.00 bits per heavy atom. The largest absolute Gasteiger partial charge is 0.481 e. The van der Waals surface area contributed by atoms with Crippen LogP contribution in [0, 0.1) is 0 Å². The highest BCUT2D eigenvalue weighted by Gasteiger charge is 2.28. The van der Waals surface area contributed by atoms with Crippen LogP contribution in [0.5, 0.6) is 0 Å². The molecule has 0 atom stereocenters. The number of aromatic nitrogens is 2. The average Bonchev–Trinajstić information content (AvgIpc) is 2.91. The van der Waals surface area contributed by atoms with Crippen LogP contribution in [-0.2, 0) is 11.3 Å². The van der Waals surface area contributed by atoms with Crippen LogP contribution in [0.25, 0.3) is 0 Å². The Hall–Kier alpha value is -1.03. The summed E-state index contributed by atoms with van der Waals surface area (Å²) in [6.07, 6.45) is 4.91. The highest BCUT2D eigenvalue weighted by atomic mass is 35.5. The van der Waals surface area contributed by atoms with E-state index in [0.717, 1.165) is 5.69 Å². The van der Waals surface area contributed by atoms with E-state index in [0.29, 0.717) is 23.9 Å². The van der Waals surface area contributed by atoms with Gasteiger partial charge in [0.15, 0.2) is 0 Å². The number of hydrogen-bond acceptors (Lipinski definition) is 2. The molecule has 1 saturated carbocycles. The Labute approximate surface area is 92.8 Å². The number of carbonyl (C=O) groups is 1. The zero-order chi connectivity index (χ0) is 10.8. The molecule has 15 heavy (non-hydrogen) atoms. The van der Waals surface area contributed by atoms with Gasteiger partial charge < -0.3 is 5.11 Å². The maximum Gasteiger partial charge on any atom is 0.303 e. The summed E-state index contributed by atoms with van der Waals surface area (Å²) in [5, 5.41) is 13.6. The first kappa shape index (κ1) is 10.5. The molecule has 0 amide bonds. The molecule has 2 rings (SSSR count). The molecule has 4 nitrogen and oxygen atoms in total. The molecule has 0 unspecified atom stereocenters. The smallest absolute Gasteiger partial charge is 0.303 e. The van der Waals surface area contributed by atoms with E-state index in [9.17, 15) is 4.79 Å². The molecule has 0 radical (unpaired) electrons. The van der Waals surface area contributed by atoms with Gasteiger partial charge in [-0.15, -0.1) is 0 Å². The molecule has 1 N–H and O–H groups in total. The summed E-state index contributed by atoms with van der Waals surface area (Å²) >= 11 is 6.02. The number of hydrogen-bond donors (Lipinski definition) is 1. The molecule has 5 heteroatoms. The standard InChI is InChI=1S/C10H13ClN2O2/c11-8-6-13(5-1-2-9(14)15)12-10(8)7-3-4-7/h6-7H,1-5H2,(H,14,15). The van der Waals surface area contributed by atoms with E-state index in [1.54, 1.807) is 10.9 Å². The lowest BCUT2D eigenvalue weighted by atomic mass is 10.3. The summed E-state index contributed by atoms with van der Waals surface area (Å²) in [7, 11) is 0. The summed E-state index contributed by atoms with van der Waals surface area (Å²) in [6.45, 7) is 0.624. The SMILES string of the molecule is O=C(O)CCCn1cc(Cl)c(C2CC2)n1. The maximum absolute atomic E-state index is 10.3.